The van der Waals surface area contributed by atoms with E-state index in [4.69, 9.17) is 9.47 Å². The number of ether oxygens (including phenoxy) is 2. The van der Waals surface area contributed by atoms with Gasteiger partial charge in [-0.1, -0.05) is 0 Å². The lowest BCUT2D eigenvalue weighted by Gasteiger charge is -2.38. The van der Waals surface area contributed by atoms with Crippen molar-refractivity contribution in [2.75, 3.05) is 39.5 Å². The van der Waals surface area contributed by atoms with Crippen LogP contribution in [0, 0.1) is 5.41 Å². The normalized spacial score (nSPS) is 23.9. The molecule has 0 amide bonds. The van der Waals surface area contributed by atoms with Gasteiger partial charge in [0.2, 0.25) is 0 Å². The summed E-state index contributed by atoms with van der Waals surface area (Å²) in [4.78, 5) is 2.52. The maximum absolute atomic E-state index is 5.86. The number of aromatic nitrogens is 2. The first kappa shape index (κ1) is 14.0. The number of hydrogen-bond acceptors (Lipinski definition) is 4. The molecule has 2 fully saturated rings. The van der Waals surface area contributed by atoms with Gasteiger partial charge in [-0.15, -0.1) is 0 Å². The predicted molar refractivity (Wildman–Crippen MR) is 76.5 cm³/mol. The highest BCUT2D eigenvalue weighted by molar-refractivity contribution is 5.04. The highest BCUT2D eigenvalue weighted by Gasteiger charge is 2.36. The molecular formula is C15H25N3O2. The molecule has 0 bridgehead atoms. The summed E-state index contributed by atoms with van der Waals surface area (Å²) >= 11 is 0. The number of nitrogens with zero attached hydrogens (tertiary/aromatic N) is 3. The first-order chi connectivity index (χ1) is 9.80. The second-order valence-corrected chi connectivity index (χ2v) is 6.08. The van der Waals surface area contributed by atoms with Gasteiger partial charge in [0.25, 0.3) is 0 Å². The third kappa shape index (κ3) is 3.22. The molecule has 3 heterocycles. The Morgan fingerprint density at radius 2 is 2.10 bits per heavy atom. The third-order valence-electron chi connectivity index (χ3n) is 4.49. The standard InChI is InChI=1S/C15H25N3O2/c1-2-18-11-14(9-16-18)10-17-5-8-20-13-15(12-17)3-6-19-7-4-15/h9,11H,2-8,10,12-13H2,1H3. The van der Waals surface area contributed by atoms with Crippen LogP contribution in [0.5, 0.6) is 0 Å². The van der Waals surface area contributed by atoms with E-state index in [9.17, 15) is 0 Å². The average Bonchev–Trinajstić information content (AvgIpc) is 2.83. The van der Waals surface area contributed by atoms with Crippen LogP contribution in [-0.4, -0.2) is 54.2 Å². The second kappa shape index (κ2) is 6.24. The van der Waals surface area contributed by atoms with Gasteiger partial charge in [-0.05, 0) is 19.8 Å². The SMILES string of the molecule is CCn1cc(CN2CCOCC3(CCOCC3)C2)cn1. The zero-order valence-corrected chi connectivity index (χ0v) is 12.4. The van der Waals surface area contributed by atoms with Crippen LogP contribution in [-0.2, 0) is 22.6 Å². The summed E-state index contributed by atoms with van der Waals surface area (Å²) < 4.78 is 13.4. The van der Waals surface area contributed by atoms with Crippen LogP contribution >= 0.6 is 0 Å². The Balaban J connectivity index is 1.65. The Morgan fingerprint density at radius 1 is 1.25 bits per heavy atom. The van der Waals surface area contributed by atoms with Gasteiger partial charge in [0.05, 0.1) is 19.4 Å². The van der Waals surface area contributed by atoms with Crippen molar-refractivity contribution in [3.05, 3.63) is 18.0 Å². The summed E-state index contributed by atoms with van der Waals surface area (Å²) in [5.74, 6) is 0. The molecule has 0 radical (unpaired) electrons. The number of rotatable bonds is 3. The van der Waals surface area contributed by atoms with E-state index in [0.717, 1.165) is 65.4 Å². The Bertz CT molecular complexity index is 427. The Kier molecular flexibility index (Phi) is 4.38. The molecule has 5 heteroatoms. The average molecular weight is 279 g/mol. The minimum atomic E-state index is 0.301. The summed E-state index contributed by atoms with van der Waals surface area (Å²) in [6.45, 7) is 9.65. The summed E-state index contributed by atoms with van der Waals surface area (Å²) in [6, 6.07) is 0. The first-order valence-electron chi connectivity index (χ1n) is 7.69. The van der Waals surface area contributed by atoms with E-state index in [0.29, 0.717) is 5.41 Å². The lowest BCUT2D eigenvalue weighted by atomic mass is 9.80. The van der Waals surface area contributed by atoms with E-state index in [1.807, 2.05) is 10.9 Å². The maximum Gasteiger partial charge on any atom is 0.0593 e. The van der Waals surface area contributed by atoms with Gasteiger partial charge in [0.15, 0.2) is 0 Å². The van der Waals surface area contributed by atoms with E-state index in [-0.39, 0.29) is 0 Å². The van der Waals surface area contributed by atoms with E-state index >= 15 is 0 Å². The topological polar surface area (TPSA) is 39.5 Å². The van der Waals surface area contributed by atoms with Crippen molar-refractivity contribution >= 4 is 0 Å². The molecule has 0 unspecified atom stereocenters. The highest BCUT2D eigenvalue weighted by Crippen LogP contribution is 2.33. The Morgan fingerprint density at radius 3 is 2.85 bits per heavy atom. The predicted octanol–water partition coefficient (Wildman–Crippen LogP) is 1.53. The van der Waals surface area contributed by atoms with E-state index in [2.05, 4.69) is 23.1 Å². The summed E-state index contributed by atoms with van der Waals surface area (Å²) in [5.41, 5.74) is 1.60. The van der Waals surface area contributed by atoms with Gasteiger partial charge in [-0.3, -0.25) is 9.58 Å². The molecule has 2 saturated heterocycles. The van der Waals surface area contributed by atoms with E-state index < -0.39 is 0 Å². The molecule has 0 aromatic carbocycles. The minimum absolute atomic E-state index is 0.301. The quantitative estimate of drug-likeness (QED) is 0.841. The van der Waals surface area contributed by atoms with Gasteiger partial charge in [0.1, 0.15) is 0 Å². The van der Waals surface area contributed by atoms with E-state index in [1.165, 1.54) is 5.56 Å². The molecule has 2 aliphatic rings. The highest BCUT2D eigenvalue weighted by atomic mass is 16.5. The third-order valence-corrected chi connectivity index (χ3v) is 4.49. The Hall–Kier alpha value is -0.910. The van der Waals surface area contributed by atoms with Crippen molar-refractivity contribution in [3.63, 3.8) is 0 Å². The van der Waals surface area contributed by atoms with Crippen molar-refractivity contribution < 1.29 is 9.47 Å². The smallest absolute Gasteiger partial charge is 0.0593 e. The van der Waals surface area contributed by atoms with Crippen LogP contribution in [0.1, 0.15) is 25.3 Å². The van der Waals surface area contributed by atoms with Gasteiger partial charge in [-0.2, -0.15) is 5.10 Å². The fourth-order valence-electron chi connectivity index (χ4n) is 3.24. The molecule has 1 aromatic heterocycles. The molecule has 2 aliphatic heterocycles. The van der Waals surface area contributed by atoms with Crippen LogP contribution in [0.4, 0.5) is 0 Å². The van der Waals surface area contributed by atoms with Gasteiger partial charge in [0, 0.05) is 56.6 Å². The minimum Gasteiger partial charge on any atom is -0.381 e. The lowest BCUT2D eigenvalue weighted by molar-refractivity contribution is -0.0320. The lowest BCUT2D eigenvalue weighted by Crippen LogP contribution is -2.42. The zero-order valence-electron chi connectivity index (χ0n) is 12.4. The number of hydrogen-bond donors (Lipinski definition) is 0. The summed E-state index contributed by atoms with van der Waals surface area (Å²) in [7, 11) is 0. The second-order valence-electron chi connectivity index (χ2n) is 6.08. The molecule has 1 aromatic rings. The molecule has 0 N–H and O–H groups in total. The molecule has 0 saturated carbocycles. The molecule has 3 rings (SSSR count). The van der Waals surface area contributed by atoms with Crippen LogP contribution in [0.2, 0.25) is 0 Å². The van der Waals surface area contributed by atoms with Crippen molar-refractivity contribution in [2.24, 2.45) is 5.41 Å². The fraction of sp³-hybridized carbons (Fsp3) is 0.800. The van der Waals surface area contributed by atoms with Crippen LogP contribution in [0.25, 0.3) is 0 Å². The molecular weight excluding hydrogens is 254 g/mol. The van der Waals surface area contributed by atoms with Gasteiger partial charge in [-0.25, -0.2) is 0 Å². The summed E-state index contributed by atoms with van der Waals surface area (Å²) in [6.07, 6.45) is 6.39. The Labute approximate surface area is 120 Å². The first-order valence-corrected chi connectivity index (χ1v) is 7.69. The van der Waals surface area contributed by atoms with E-state index in [1.54, 1.807) is 0 Å². The zero-order chi connectivity index (χ0) is 13.8. The van der Waals surface area contributed by atoms with Crippen molar-refractivity contribution in [1.82, 2.24) is 14.7 Å². The fourth-order valence-corrected chi connectivity index (χ4v) is 3.24. The summed E-state index contributed by atoms with van der Waals surface area (Å²) in [5, 5.41) is 4.37. The largest absolute Gasteiger partial charge is 0.381 e. The van der Waals surface area contributed by atoms with Crippen LogP contribution in [0.15, 0.2) is 12.4 Å². The van der Waals surface area contributed by atoms with Crippen LogP contribution in [0.3, 0.4) is 0 Å². The monoisotopic (exact) mass is 279 g/mol. The molecule has 20 heavy (non-hydrogen) atoms. The van der Waals surface area contributed by atoms with Gasteiger partial charge >= 0.3 is 0 Å². The van der Waals surface area contributed by atoms with Crippen molar-refractivity contribution in [1.29, 1.82) is 0 Å². The number of aryl methyl sites for hydroxylation is 1. The van der Waals surface area contributed by atoms with Gasteiger partial charge < -0.3 is 9.47 Å². The molecule has 5 nitrogen and oxygen atoms in total. The molecule has 0 atom stereocenters. The van der Waals surface area contributed by atoms with Crippen molar-refractivity contribution in [3.8, 4) is 0 Å². The van der Waals surface area contributed by atoms with Crippen LogP contribution < -0.4 is 0 Å². The maximum atomic E-state index is 5.86. The van der Waals surface area contributed by atoms with Crippen molar-refractivity contribution in [2.45, 2.75) is 32.9 Å². The molecule has 1 spiro atoms. The molecule has 0 aliphatic carbocycles. The molecule has 112 valence electrons.